The van der Waals surface area contributed by atoms with Crippen molar-refractivity contribution in [2.45, 2.75) is 13.3 Å². The Morgan fingerprint density at radius 1 is 1.39 bits per heavy atom. The molecule has 1 aromatic heterocycles. The smallest absolute Gasteiger partial charge is 0.269 e. The maximum absolute atomic E-state index is 12.3. The highest BCUT2D eigenvalue weighted by atomic mass is 32.1. The van der Waals surface area contributed by atoms with Crippen molar-refractivity contribution >= 4 is 28.6 Å². The van der Waals surface area contributed by atoms with Gasteiger partial charge in [0.1, 0.15) is 4.88 Å². The minimum Gasteiger partial charge on any atom is -0.399 e. The Hall–Kier alpha value is -1.88. The molecule has 2 N–H and O–H groups in total. The molecule has 0 spiro atoms. The normalized spacial score (nSPS) is 10.3. The fourth-order valence-corrected chi connectivity index (χ4v) is 2.25. The maximum atomic E-state index is 12.3. The van der Waals surface area contributed by atoms with E-state index in [-0.39, 0.29) is 5.91 Å². The van der Waals surface area contributed by atoms with Crippen LogP contribution in [0.4, 0.5) is 11.4 Å². The van der Waals surface area contributed by atoms with E-state index in [2.05, 4.69) is 4.98 Å². The molecule has 1 aromatic carbocycles. The summed E-state index contributed by atoms with van der Waals surface area (Å²) in [5.41, 5.74) is 8.89. The second-order valence-electron chi connectivity index (χ2n) is 3.91. The fourth-order valence-electron chi connectivity index (χ4n) is 1.68. The zero-order valence-corrected chi connectivity index (χ0v) is 11.0. The largest absolute Gasteiger partial charge is 0.399 e. The Morgan fingerprint density at radius 2 is 2.11 bits per heavy atom. The molecular formula is C13H15N3OS. The minimum absolute atomic E-state index is 0.0101. The van der Waals surface area contributed by atoms with E-state index in [1.807, 2.05) is 19.1 Å². The Kier molecular flexibility index (Phi) is 3.94. The first-order chi connectivity index (χ1) is 8.72. The van der Waals surface area contributed by atoms with Gasteiger partial charge in [0.05, 0.1) is 11.7 Å². The van der Waals surface area contributed by atoms with Gasteiger partial charge in [0.15, 0.2) is 0 Å². The van der Waals surface area contributed by atoms with Gasteiger partial charge in [-0.25, -0.2) is 0 Å². The van der Waals surface area contributed by atoms with E-state index in [9.17, 15) is 4.79 Å². The van der Waals surface area contributed by atoms with Crippen LogP contribution in [-0.4, -0.2) is 17.4 Å². The Labute approximate surface area is 110 Å². The summed E-state index contributed by atoms with van der Waals surface area (Å²) in [5, 5.41) is 0. The highest BCUT2D eigenvalue weighted by Crippen LogP contribution is 2.20. The summed E-state index contributed by atoms with van der Waals surface area (Å²) in [7, 11) is 0. The number of nitrogen functional groups attached to an aromatic ring is 1. The predicted molar refractivity (Wildman–Crippen MR) is 74.9 cm³/mol. The third kappa shape index (κ3) is 2.68. The lowest BCUT2D eigenvalue weighted by molar-refractivity contribution is 0.0990. The molecule has 0 saturated carbocycles. The van der Waals surface area contributed by atoms with Crippen molar-refractivity contribution < 1.29 is 4.79 Å². The fraction of sp³-hybridized carbons (Fsp3) is 0.231. The molecule has 0 radical (unpaired) electrons. The molecule has 0 aliphatic rings. The molecule has 0 bridgehead atoms. The SMILES string of the molecule is CCCN(C(=O)c1cncs1)c1ccc(N)cc1. The number of aromatic nitrogens is 1. The first-order valence-electron chi connectivity index (χ1n) is 5.78. The van der Waals surface area contributed by atoms with Crippen LogP contribution in [-0.2, 0) is 0 Å². The van der Waals surface area contributed by atoms with Gasteiger partial charge in [-0.3, -0.25) is 9.78 Å². The van der Waals surface area contributed by atoms with E-state index < -0.39 is 0 Å². The number of carbonyl (C=O) groups excluding carboxylic acids is 1. The van der Waals surface area contributed by atoms with Gasteiger partial charge in [-0.2, -0.15) is 0 Å². The van der Waals surface area contributed by atoms with Gasteiger partial charge in [-0.15, -0.1) is 11.3 Å². The van der Waals surface area contributed by atoms with Crippen LogP contribution in [0.15, 0.2) is 36.0 Å². The van der Waals surface area contributed by atoms with Crippen molar-refractivity contribution in [3.8, 4) is 0 Å². The summed E-state index contributed by atoms with van der Waals surface area (Å²) < 4.78 is 0. The summed E-state index contributed by atoms with van der Waals surface area (Å²) in [5.74, 6) is -0.0101. The van der Waals surface area contributed by atoms with Crippen molar-refractivity contribution in [1.82, 2.24) is 4.98 Å². The van der Waals surface area contributed by atoms with Gasteiger partial charge in [0.2, 0.25) is 0 Å². The molecule has 1 heterocycles. The molecule has 2 aromatic rings. The summed E-state index contributed by atoms with van der Waals surface area (Å²) in [4.78, 5) is 18.7. The highest BCUT2D eigenvalue weighted by molar-refractivity contribution is 7.11. The van der Waals surface area contributed by atoms with Crippen molar-refractivity contribution in [1.29, 1.82) is 0 Å². The topological polar surface area (TPSA) is 59.2 Å². The van der Waals surface area contributed by atoms with Crippen LogP contribution < -0.4 is 10.6 Å². The number of nitrogens with zero attached hydrogens (tertiary/aromatic N) is 2. The van der Waals surface area contributed by atoms with E-state index in [4.69, 9.17) is 5.73 Å². The van der Waals surface area contributed by atoms with Gasteiger partial charge < -0.3 is 10.6 Å². The number of hydrogen-bond acceptors (Lipinski definition) is 4. The molecule has 2 rings (SSSR count). The van der Waals surface area contributed by atoms with Gasteiger partial charge >= 0.3 is 0 Å². The number of hydrogen-bond donors (Lipinski definition) is 1. The first kappa shape index (κ1) is 12.6. The molecular weight excluding hydrogens is 246 g/mol. The van der Waals surface area contributed by atoms with Crippen LogP contribution in [0.3, 0.4) is 0 Å². The lowest BCUT2D eigenvalue weighted by Gasteiger charge is -2.21. The molecule has 0 aliphatic carbocycles. The summed E-state index contributed by atoms with van der Waals surface area (Å²) >= 11 is 1.36. The molecule has 4 nitrogen and oxygen atoms in total. The third-order valence-electron chi connectivity index (χ3n) is 2.54. The van der Waals surface area contributed by atoms with E-state index in [0.717, 1.165) is 12.1 Å². The van der Waals surface area contributed by atoms with Crippen LogP contribution in [0.25, 0.3) is 0 Å². The van der Waals surface area contributed by atoms with E-state index in [0.29, 0.717) is 17.1 Å². The number of benzene rings is 1. The zero-order valence-electron chi connectivity index (χ0n) is 10.2. The monoisotopic (exact) mass is 261 g/mol. The molecule has 0 atom stereocenters. The van der Waals surface area contributed by atoms with Crippen molar-refractivity contribution in [2.24, 2.45) is 0 Å². The Bertz CT molecular complexity index is 508. The van der Waals surface area contributed by atoms with Crippen molar-refractivity contribution in [3.63, 3.8) is 0 Å². The van der Waals surface area contributed by atoms with Crippen LogP contribution in [0.2, 0.25) is 0 Å². The van der Waals surface area contributed by atoms with Gasteiger partial charge in [0, 0.05) is 17.9 Å². The number of amides is 1. The lowest BCUT2D eigenvalue weighted by Crippen LogP contribution is -2.31. The number of anilines is 2. The average Bonchev–Trinajstić information content (AvgIpc) is 2.90. The van der Waals surface area contributed by atoms with Crippen LogP contribution in [0, 0.1) is 0 Å². The number of carbonyl (C=O) groups is 1. The van der Waals surface area contributed by atoms with Crippen LogP contribution in [0.5, 0.6) is 0 Å². The molecule has 5 heteroatoms. The quantitative estimate of drug-likeness (QED) is 0.861. The predicted octanol–water partition coefficient (Wildman–Crippen LogP) is 2.78. The molecule has 0 fully saturated rings. The molecule has 0 saturated heterocycles. The van der Waals surface area contributed by atoms with Crippen LogP contribution >= 0.6 is 11.3 Å². The minimum atomic E-state index is -0.0101. The van der Waals surface area contributed by atoms with Crippen LogP contribution in [0.1, 0.15) is 23.0 Å². The Balaban J connectivity index is 2.28. The maximum Gasteiger partial charge on any atom is 0.269 e. The lowest BCUT2D eigenvalue weighted by atomic mass is 10.2. The summed E-state index contributed by atoms with van der Waals surface area (Å²) in [6, 6.07) is 7.34. The second-order valence-corrected chi connectivity index (χ2v) is 4.80. The van der Waals surface area contributed by atoms with E-state index >= 15 is 0 Å². The van der Waals surface area contributed by atoms with Crippen molar-refractivity contribution in [2.75, 3.05) is 17.2 Å². The van der Waals surface area contributed by atoms with Gasteiger partial charge in [-0.05, 0) is 30.7 Å². The van der Waals surface area contributed by atoms with Gasteiger partial charge in [-0.1, -0.05) is 6.92 Å². The zero-order chi connectivity index (χ0) is 13.0. The molecule has 0 aliphatic heterocycles. The second kappa shape index (κ2) is 5.64. The Morgan fingerprint density at radius 3 is 2.67 bits per heavy atom. The first-order valence-corrected chi connectivity index (χ1v) is 6.66. The van der Waals surface area contributed by atoms with Crippen molar-refractivity contribution in [3.05, 3.63) is 40.8 Å². The highest BCUT2D eigenvalue weighted by Gasteiger charge is 2.17. The number of rotatable bonds is 4. The molecule has 1 amide bonds. The van der Waals surface area contributed by atoms with E-state index in [1.54, 1.807) is 28.7 Å². The standard InChI is InChI=1S/C13H15N3OS/c1-2-7-16(11-5-3-10(14)4-6-11)13(17)12-8-15-9-18-12/h3-6,8-9H,2,7,14H2,1H3. The summed E-state index contributed by atoms with van der Waals surface area (Å²) in [6.07, 6.45) is 2.50. The molecule has 0 unspecified atom stereocenters. The number of nitrogens with two attached hydrogens (primary N) is 1. The third-order valence-corrected chi connectivity index (χ3v) is 3.30. The summed E-state index contributed by atoms with van der Waals surface area (Å²) in [6.45, 7) is 2.73. The van der Waals surface area contributed by atoms with Gasteiger partial charge in [0.25, 0.3) is 5.91 Å². The van der Waals surface area contributed by atoms with E-state index in [1.165, 1.54) is 11.3 Å². The number of thiazole rings is 1. The molecule has 18 heavy (non-hydrogen) atoms. The molecule has 94 valence electrons. The average molecular weight is 261 g/mol.